The SMILES string of the molecule is CC(CO)(CC1COC1)c1ccncc1. The maximum atomic E-state index is 9.55. The van der Waals surface area contributed by atoms with Gasteiger partial charge in [-0.15, -0.1) is 0 Å². The van der Waals surface area contributed by atoms with Gasteiger partial charge in [-0.3, -0.25) is 4.98 Å². The lowest BCUT2D eigenvalue weighted by Crippen LogP contribution is -2.37. The molecule has 82 valence electrons. The number of rotatable bonds is 4. The van der Waals surface area contributed by atoms with Crippen LogP contribution in [0.15, 0.2) is 24.5 Å². The highest BCUT2D eigenvalue weighted by molar-refractivity contribution is 5.22. The lowest BCUT2D eigenvalue weighted by Gasteiger charge is -2.36. The normalized spacial score (nSPS) is 20.7. The molecule has 1 fully saturated rings. The van der Waals surface area contributed by atoms with Crippen LogP contribution < -0.4 is 0 Å². The summed E-state index contributed by atoms with van der Waals surface area (Å²) < 4.78 is 5.17. The van der Waals surface area contributed by atoms with E-state index in [1.807, 2.05) is 12.1 Å². The van der Waals surface area contributed by atoms with Crippen molar-refractivity contribution in [3.8, 4) is 0 Å². The second kappa shape index (κ2) is 4.29. The van der Waals surface area contributed by atoms with E-state index in [0.717, 1.165) is 25.2 Å². The largest absolute Gasteiger partial charge is 0.395 e. The molecule has 1 aliphatic rings. The molecule has 1 unspecified atom stereocenters. The Labute approximate surface area is 90.1 Å². The molecule has 0 radical (unpaired) electrons. The Balaban J connectivity index is 2.12. The van der Waals surface area contributed by atoms with Crippen molar-refractivity contribution in [3.63, 3.8) is 0 Å². The Morgan fingerprint density at radius 2 is 2.13 bits per heavy atom. The molecule has 0 amide bonds. The van der Waals surface area contributed by atoms with Crippen LogP contribution in [-0.4, -0.2) is 29.9 Å². The van der Waals surface area contributed by atoms with Crippen LogP contribution in [-0.2, 0) is 10.2 Å². The quantitative estimate of drug-likeness (QED) is 0.810. The molecule has 1 aliphatic heterocycles. The van der Waals surface area contributed by atoms with Crippen molar-refractivity contribution in [2.45, 2.75) is 18.8 Å². The molecule has 0 aromatic carbocycles. The first-order valence-corrected chi connectivity index (χ1v) is 5.34. The maximum absolute atomic E-state index is 9.55. The monoisotopic (exact) mass is 207 g/mol. The van der Waals surface area contributed by atoms with Crippen LogP contribution in [0, 0.1) is 5.92 Å². The number of aliphatic hydroxyl groups is 1. The molecule has 3 nitrogen and oxygen atoms in total. The molecule has 0 spiro atoms. The summed E-state index contributed by atoms with van der Waals surface area (Å²) in [7, 11) is 0. The van der Waals surface area contributed by atoms with E-state index in [1.54, 1.807) is 12.4 Å². The summed E-state index contributed by atoms with van der Waals surface area (Å²) in [4.78, 5) is 4.00. The van der Waals surface area contributed by atoms with Crippen LogP contribution >= 0.6 is 0 Å². The van der Waals surface area contributed by atoms with Crippen molar-refractivity contribution in [2.24, 2.45) is 5.92 Å². The van der Waals surface area contributed by atoms with Crippen molar-refractivity contribution in [3.05, 3.63) is 30.1 Å². The van der Waals surface area contributed by atoms with Gasteiger partial charge in [-0.05, 0) is 24.1 Å². The van der Waals surface area contributed by atoms with Gasteiger partial charge < -0.3 is 9.84 Å². The molecule has 1 aromatic heterocycles. The van der Waals surface area contributed by atoms with Crippen molar-refractivity contribution < 1.29 is 9.84 Å². The van der Waals surface area contributed by atoms with Gasteiger partial charge in [0.05, 0.1) is 19.8 Å². The molecule has 1 N–H and O–H groups in total. The van der Waals surface area contributed by atoms with E-state index in [2.05, 4.69) is 11.9 Å². The molecule has 0 saturated carbocycles. The fourth-order valence-electron chi connectivity index (χ4n) is 2.07. The average molecular weight is 207 g/mol. The predicted molar refractivity (Wildman–Crippen MR) is 57.6 cm³/mol. The zero-order valence-corrected chi connectivity index (χ0v) is 9.02. The Kier molecular flexibility index (Phi) is 3.03. The smallest absolute Gasteiger partial charge is 0.0525 e. The molecule has 1 atom stereocenters. The number of nitrogens with zero attached hydrogens (tertiary/aromatic N) is 1. The van der Waals surface area contributed by atoms with E-state index in [0.29, 0.717) is 5.92 Å². The van der Waals surface area contributed by atoms with Crippen molar-refractivity contribution in [2.75, 3.05) is 19.8 Å². The van der Waals surface area contributed by atoms with E-state index in [4.69, 9.17) is 4.74 Å². The van der Waals surface area contributed by atoms with E-state index >= 15 is 0 Å². The Morgan fingerprint density at radius 3 is 2.60 bits per heavy atom. The lowest BCUT2D eigenvalue weighted by atomic mass is 9.76. The summed E-state index contributed by atoms with van der Waals surface area (Å²) >= 11 is 0. The van der Waals surface area contributed by atoms with E-state index < -0.39 is 0 Å². The van der Waals surface area contributed by atoms with Crippen LogP contribution in [0.3, 0.4) is 0 Å². The average Bonchev–Trinajstić information content (AvgIpc) is 2.24. The standard InChI is InChI=1S/C12H17NO2/c1-12(9-14,6-10-7-15-8-10)11-2-4-13-5-3-11/h2-5,10,14H,6-9H2,1H3. The summed E-state index contributed by atoms with van der Waals surface area (Å²) in [6.07, 6.45) is 4.54. The number of aromatic nitrogens is 1. The fourth-order valence-corrected chi connectivity index (χ4v) is 2.07. The first kappa shape index (κ1) is 10.6. The minimum Gasteiger partial charge on any atom is -0.395 e. The van der Waals surface area contributed by atoms with Gasteiger partial charge in [0.2, 0.25) is 0 Å². The number of aliphatic hydroxyl groups excluding tert-OH is 1. The highest BCUT2D eigenvalue weighted by Gasteiger charge is 2.32. The second-order valence-electron chi connectivity index (χ2n) is 4.56. The number of ether oxygens (including phenoxy) is 1. The topological polar surface area (TPSA) is 42.4 Å². The van der Waals surface area contributed by atoms with Crippen LogP contribution in [0.2, 0.25) is 0 Å². The number of hydrogen-bond donors (Lipinski definition) is 1. The summed E-state index contributed by atoms with van der Waals surface area (Å²) in [5.74, 6) is 0.593. The molecule has 1 saturated heterocycles. The van der Waals surface area contributed by atoms with E-state index in [-0.39, 0.29) is 12.0 Å². The highest BCUT2D eigenvalue weighted by atomic mass is 16.5. The summed E-state index contributed by atoms with van der Waals surface area (Å²) in [6.45, 7) is 3.94. The van der Waals surface area contributed by atoms with Gasteiger partial charge in [0.15, 0.2) is 0 Å². The molecular weight excluding hydrogens is 190 g/mol. The zero-order chi connectivity index (χ0) is 10.7. The third-order valence-corrected chi connectivity index (χ3v) is 3.17. The third-order valence-electron chi connectivity index (χ3n) is 3.17. The van der Waals surface area contributed by atoms with Crippen LogP contribution in [0.4, 0.5) is 0 Å². The van der Waals surface area contributed by atoms with E-state index in [1.165, 1.54) is 0 Å². The molecular formula is C12H17NO2. The Hall–Kier alpha value is -0.930. The molecule has 2 heterocycles. The van der Waals surface area contributed by atoms with Gasteiger partial charge in [0, 0.05) is 23.7 Å². The van der Waals surface area contributed by atoms with Gasteiger partial charge in [0.1, 0.15) is 0 Å². The number of hydrogen-bond acceptors (Lipinski definition) is 3. The van der Waals surface area contributed by atoms with Crippen LogP contribution in [0.25, 0.3) is 0 Å². The van der Waals surface area contributed by atoms with Gasteiger partial charge in [0.25, 0.3) is 0 Å². The van der Waals surface area contributed by atoms with E-state index in [9.17, 15) is 5.11 Å². The Bertz CT molecular complexity index is 311. The lowest BCUT2D eigenvalue weighted by molar-refractivity contribution is -0.0485. The summed E-state index contributed by atoms with van der Waals surface area (Å²) in [5, 5.41) is 9.55. The zero-order valence-electron chi connectivity index (χ0n) is 9.02. The first-order chi connectivity index (χ1) is 7.24. The van der Waals surface area contributed by atoms with Crippen LogP contribution in [0.5, 0.6) is 0 Å². The van der Waals surface area contributed by atoms with Gasteiger partial charge in [-0.25, -0.2) is 0 Å². The molecule has 2 rings (SSSR count). The Morgan fingerprint density at radius 1 is 1.47 bits per heavy atom. The molecule has 15 heavy (non-hydrogen) atoms. The highest BCUT2D eigenvalue weighted by Crippen LogP contribution is 2.32. The van der Waals surface area contributed by atoms with Crippen molar-refractivity contribution >= 4 is 0 Å². The van der Waals surface area contributed by atoms with Crippen molar-refractivity contribution in [1.29, 1.82) is 0 Å². The molecule has 0 aliphatic carbocycles. The number of pyridine rings is 1. The van der Waals surface area contributed by atoms with Crippen molar-refractivity contribution in [1.82, 2.24) is 4.98 Å². The maximum Gasteiger partial charge on any atom is 0.0525 e. The van der Waals surface area contributed by atoms with Gasteiger partial charge >= 0.3 is 0 Å². The molecule has 1 aromatic rings. The predicted octanol–water partition coefficient (Wildman–Crippen LogP) is 1.37. The molecule has 0 bridgehead atoms. The second-order valence-corrected chi connectivity index (χ2v) is 4.56. The minimum atomic E-state index is -0.155. The van der Waals surface area contributed by atoms with Gasteiger partial charge in [-0.2, -0.15) is 0 Å². The van der Waals surface area contributed by atoms with Gasteiger partial charge in [-0.1, -0.05) is 6.92 Å². The summed E-state index contributed by atoms with van der Waals surface area (Å²) in [5.41, 5.74) is 1.00. The van der Waals surface area contributed by atoms with Crippen LogP contribution in [0.1, 0.15) is 18.9 Å². The summed E-state index contributed by atoms with van der Waals surface area (Å²) in [6, 6.07) is 3.96. The molecule has 3 heteroatoms. The fraction of sp³-hybridized carbons (Fsp3) is 0.583. The third kappa shape index (κ3) is 2.19. The first-order valence-electron chi connectivity index (χ1n) is 5.34. The minimum absolute atomic E-state index is 0.155.